The molecule has 2 N–H and O–H groups in total. The molecule has 3 unspecified atom stereocenters. The lowest BCUT2D eigenvalue weighted by molar-refractivity contribution is -0.143. The number of amides is 1. The predicted molar refractivity (Wildman–Crippen MR) is 115 cm³/mol. The Morgan fingerprint density at radius 1 is 1.00 bits per heavy atom. The van der Waals surface area contributed by atoms with Crippen LogP contribution >= 0.6 is 11.5 Å². The van der Waals surface area contributed by atoms with Crippen LogP contribution in [0.3, 0.4) is 0 Å². The van der Waals surface area contributed by atoms with Gasteiger partial charge in [0.15, 0.2) is 0 Å². The summed E-state index contributed by atoms with van der Waals surface area (Å²) in [4.78, 5) is 28.0. The fourth-order valence-corrected chi connectivity index (χ4v) is 4.73. The molecule has 7 heteroatoms. The lowest BCUT2D eigenvalue weighted by Gasteiger charge is -2.33. The van der Waals surface area contributed by atoms with Gasteiger partial charge in [-0.1, -0.05) is 24.3 Å². The first-order valence-electron chi connectivity index (χ1n) is 10.0. The van der Waals surface area contributed by atoms with Crippen LogP contribution in [0.5, 0.6) is 0 Å². The summed E-state index contributed by atoms with van der Waals surface area (Å²) in [5.74, 6) is -1.08. The van der Waals surface area contributed by atoms with Crippen molar-refractivity contribution >= 4 is 23.4 Å². The lowest BCUT2D eigenvalue weighted by Crippen LogP contribution is -2.35. The minimum absolute atomic E-state index is 0.118. The van der Waals surface area contributed by atoms with E-state index in [1.807, 2.05) is 12.1 Å². The molecule has 1 amide bonds. The second-order valence-electron chi connectivity index (χ2n) is 7.76. The number of nitrogens with zero attached hydrogens (tertiary/aromatic N) is 2. The number of carboxylic acids is 1. The molecule has 1 fully saturated rings. The third kappa shape index (κ3) is 4.74. The first-order chi connectivity index (χ1) is 14.6. The van der Waals surface area contributed by atoms with Crippen molar-refractivity contribution in [2.45, 2.75) is 25.2 Å². The van der Waals surface area contributed by atoms with Crippen LogP contribution in [0, 0.1) is 11.8 Å². The summed E-state index contributed by atoms with van der Waals surface area (Å²) in [6.07, 6.45) is 5.60. The van der Waals surface area contributed by atoms with Gasteiger partial charge < -0.3 is 10.4 Å². The molecular formula is C23H23N3O3S. The number of hydrogen-bond acceptors (Lipinski definition) is 5. The molecule has 0 saturated heterocycles. The van der Waals surface area contributed by atoms with Gasteiger partial charge in [-0.05, 0) is 77.5 Å². The zero-order valence-corrected chi connectivity index (χ0v) is 17.2. The van der Waals surface area contributed by atoms with Crippen molar-refractivity contribution in [3.8, 4) is 11.1 Å². The van der Waals surface area contributed by atoms with Crippen LogP contribution in [-0.4, -0.2) is 32.9 Å². The zero-order chi connectivity index (χ0) is 20.9. The number of rotatable bonds is 6. The van der Waals surface area contributed by atoms with E-state index in [9.17, 15) is 14.7 Å². The zero-order valence-electron chi connectivity index (χ0n) is 16.4. The molecule has 0 spiro atoms. The summed E-state index contributed by atoms with van der Waals surface area (Å²) < 4.78 is 4.05. The SMILES string of the molecule is O=C(NCC1CC(C(=O)O)CC(c2ccc(-c3ccncc3)cc2)C1)c1ccsn1. The maximum absolute atomic E-state index is 12.2. The van der Waals surface area contributed by atoms with Gasteiger partial charge in [0.05, 0.1) is 5.92 Å². The van der Waals surface area contributed by atoms with Crippen molar-refractivity contribution in [2.24, 2.45) is 11.8 Å². The Morgan fingerprint density at radius 3 is 2.40 bits per heavy atom. The van der Waals surface area contributed by atoms with E-state index in [2.05, 4.69) is 38.9 Å². The average molecular weight is 422 g/mol. The van der Waals surface area contributed by atoms with E-state index in [1.165, 1.54) is 11.5 Å². The number of hydrogen-bond donors (Lipinski definition) is 2. The highest BCUT2D eigenvalue weighted by Gasteiger charge is 2.33. The molecule has 2 aromatic heterocycles. The lowest BCUT2D eigenvalue weighted by atomic mass is 9.72. The van der Waals surface area contributed by atoms with E-state index in [1.54, 1.807) is 23.8 Å². The third-order valence-corrected chi connectivity index (χ3v) is 6.33. The second kappa shape index (κ2) is 9.17. The Balaban J connectivity index is 1.45. The van der Waals surface area contributed by atoms with Gasteiger partial charge in [0.1, 0.15) is 5.69 Å². The van der Waals surface area contributed by atoms with Gasteiger partial charge in [0.2, 0.25) is 0 Å². The van der Waals surface area contributed by atoms with Crippen molar-refractivity contribution in [3.63, 3.8) is 0 Å². The van der Waals surface area contributed by atoms with Gasteiger partial charge in [0.25, 0.3) is 5.91 Å². The monoisotopic (exact) mass is 421 g/mol. The molecule has 0 bridgehead atoms. The molecule has 2 heterocycles. The summed E-state index contributed by atoms with van der Waals surface area (Å²) >= 11 is 1.24. The average Bonchev–Trinajstić information content (AvgIpc) is 3.33. The predicted octanol–water partition coefficient (Wildman–Crippen LogP) is 4.22. The Kier molecular flexibility index (Phi) is 6.18. The number of benzene rings is 1. The van der Waals surface area contributed by atoms with E-state index in [-0.39, 0.29) is 17.7 Å². The smallest absolute Gasteiger partial charge is 0.306 e. The number of carboxylic acid groups (broad SMARTS) is 1. The van der Waals surface area contributed by atoms with Crippen molar-refractivity contribution in [2.75, 3.05) is 6.54 Å². The molecule has 154 valence electrons. The summed E-state index contributed by atoms with van der Waals surface area (Å²) in [6.45, 7) is 0.464. The third-order valence-electron chi connectivity index (χ3n) is 5.77. The highest BCUT2D eigenvalue weighted by molar-refractivity contribution is 7.03. The maximum atomic E-state index is 12.2. The van der Waals surface area contributed by atoms with E-state index in [4.69, 9.17) is 0 Å². The summed E-state index contributed by atoms with van der Waals surface area (Å²) in [7, 11) is 0. The van der Waals surface area contributed by atoms with Gasteiger partial charge in [0, 0.05) is 24.3 Å². The number of pyridine rings is 1. The summed E-state index contributed by atoms with van der Waals surface area (Å²) in [5.41, 5.74) is 3.77. The van der Waals surface area contributed by atoms with E-state index in [0.29, 0.717) is 25.1 Å². The van der Waals surface area contributed by atoms with Crippen molar-refractivity contribution in [1.29, 1.82) is 0 Å². The number of aromatic nitrogens is 2. The van der Waals surface area contributed by atoms with Gasteiger partial charge >= 0.3 is 5.97 Å². The van der Waals surface area contributed by atoms with Crippen molar-refractivity contribution in [3.05, 3.63) is 71.5 Å². The highest BCUT2D eigenvalue weighted by Crippen LogP contribution is 2.40. The van der Waals surface area contributed by atoms with Crippen LogP contribution < -0.4 is 5.32 Å². The highest BCUT2D eigenvalue weighted by atomic mass is 32.1. The maximum Gasteiger partial charge on any atom is 0.306 e. The molecule has 1 aliphatic rings. The van der Waals surface area contributed by atoms with Crippen molar-refractivity contribution in [1.82, 2.24) is 14.7 Å². The quantitative estimate of drug-likeness (QED) is 0.622. The minimum Gasteiger partial charge on any atom is -0.481 e. The molecule has 3 atom stereocenters. The molecule has 3 aromatic rings. The molecule has 1 saturated carbocycles. The van der Waals surface area contributed by atoms with E-state index >= 15 is 0 Å². The van der Waals surface area contributed by atoms with Crippen LogP contribution in [0.15, 0.2) is 60.2 Å². The fraction of sp³-hybridized carbons (Fsp3) is 0.304. The minimum atomic E-state index is -0.760. The number of aliphatic carboxylic acids is 1. The molecular weight excluding hydrogens is 398 g/mol. The largest absolute Gasteiger partial charge is 0.481 e. The van der Waals surface area contributed by atoms with Crippen LogP contribution in [0.1, 0.15) is 41.2 Å². The molecule has 1 aliphatic carbocycles. The first kappa shape index (κ1) is 20.2. The van der Waals surface area contributed by atoms with Crippen LogP contribution in [0.2, 0.25) is 0 Å². The Morgan fingerprint density at radius 2 is 1.73 bits per heavy atom. The Bertz CT molecular complexity index is 990. The molecule has 0 radical (unpaired) electrons. The number of carbonyl (C=O) groups is 2. The number of carbonyl (C=O) groups excluding carboxylic acids is 1. The van der Waals surface area contributed by atoms with Crippen LogP contribution in [0.4, 0.5) is 0 Å². The fourth-order valence-electron chi connectivity index (χ4n) is 4.23. The standard InChI is InChI=1S/C23H23N3O3S/c27-22(21-7-10-30-26-21)25-14-15-11-19(13-20(12-15)23(28)29)17-3-1-16(2-4-17)18-5-8-24-9-6-18/h1-10,15,19-20H,11-14H2,(H,25,27)(H,28,29). The second-order valence-corrected chi connectivity index (χ2v) is 8.42. The van der Waals surface area contributed by atoms with Gasteiger partial charge in [-0.25, -0.2) is 0 Å². The van der Waals surface area contributed by atoms with Gasteiger partial charge in [-0.3, -0.25) is 14.6 Å². The molecule has 0 aliphatic heterocycles. The summed E-state index contributed by atoms with van der Waals surface area (Å²) in [5, 5.41) is 14.3. The van der Waals surface area contributed by atoms with Crippen molar-refractivity contribution < 1.29 is 14.7 Å². The normalized spacial score (nSPS) is 21.1. The Labute approximate surface area is 179 Å². The Hall–Kier alpha value is -3.06. The van der Waals surface area contributed by atoms with Gasteiger partial charge in [-0.15, -0.1) is 0 Å². The van der Waals surface area contributed by atoms with E-state index < -0.39 is 11.9 Å². The molecule has 1 aromatic carbocycles. The number of nitrogens with one attached hydrogen (secondary N) is 1. The van der Waals surface area contributed by atoms with Crippen LogP contribution in [-0.2, 0) is 4.79 Å². The van der Waals surface area contributed by atoms with E-state index in [0.717, 1.165) is 23.1 Å². The summed E-state index contributed by atoms with van der Waals surface area (Å²) in [6, 6.07) is 14.0. The topological polar surface area (TPSA) is 92.2 Å². The molecule has 6 nitrogen and oxygen atoms in total. The first-order valence-corrected chi connectivity index (χ1v) is 10.9. The van der Waals surface area contributed by atoms with Crippen LogP contribution in [0.25, 0.3) is 11.1 Å². The molecule has 30 heavy (non-hydrogen) atoms. The molecule has 4 rings (SSSR count). The van der Waals surface area contributed by atoms with Gasteiger partial charge in [-0.2, -0.15) is 4.37 Å².